The molecule has 3 aromatic carbocycles. The van der Waals surface area contributed by atoms with Gasteiger partial charge in [-0.15, -0.1) is 0 Å². The summed E-state index contributed by atoms with van der Waals surface area (Å²) in [4.78, 5) is 29.0. The molecule has 5 nitrogen and oxygen atoms in total. The van der Waals surface area contributed by atoms with E-state index in [0.29, 0.717) is 12.2 Å². The summed E-state index contributed by atoms with van der Waals surface area (Å²) < 4.78 is 7.00. The second-order valence-corrected chi connectivity index (χ2v) is 11.5. The molecule has 0 aromatic heterocycles. The Hall–Kier alpha value is -3.12. The first kappa shape index (κ1) is 28.5. The van der Waals surface area contributed by atoms with Gasteiger partial charge < -0.3 is 15.0 Å². The highest BCUT2D eigenvalue weighted by atomic mass is 79.9. The summed E-state index contributed by atoms with van der Waals surface area (Å²) in [5.41, 5.74) is 4.66. The molecule has 1 N–H and O–H groups in total. The van der Waals surface area contributed by atoms with Gasteiger partial charge in [-0.25, -0.2) is 0 Å². The van der Waals surface area contributed by atoms with Crippen LogP contribution in [0.3, 0.4) is 0 Å². The second kappa shape index (κ2) is 12.4. The third-order valence-electron chi connectivity index (χ3n) is 6.15. The Kier molecular flexibility index (Phi) is 9.55. The number of amides is 2. The van der Waals surface area contributed by atoms with Gasteiger partial charge in [-0.1, -0.05) is 64.5 Å². The first-order chi connectivity index (χ1) is 17.4. The number of ether oxygens (including phenoxy) is 1. The van der Waals surface area contributed by atoms with Crippen LogP contribution in [-0.4, -0.2) is 34.9 Å². The Morgan fingerprint density at radius 3 is 2.22 bits per heavy atom. The summed E-state index contributed by atoms with van der Waals surface area (Å²) in [6, 6.07) is 20.9. The van der Waals surface area contributed by atoms with Gasteiger partial charge in [-0.3, -0.25) is 9.59 Å². The molecule has 1 atom stereocenters. The van der Waals surface area contributed by atoms with Crippen molar-refractivity contribution in [3.8, 4) is 5.75 Å². The van der Waals surface area contributed by atoms with Crippen LogP contribution >= 0.6 is 15.9 Å². The summed E-state index contributed by atoms with van der Waals surface area (Å²) in [6.45, 7) is 12.0. The number of nitrogens with zero attached hydrogens (tertiary/aromatic N) is 1. The SMILES string of the molecule is Cc1cc(C)c(C)c(OCC(=O)N(Cc2ccc(Br)cc2)[C@@H](Cc2ccccc2)C(=O)NC(C)(C)C)c1. The highest BCUT2D eigenvalue weighted by molar-refractivity contribution is 9.10. The van der Waals surface area contributed by atoms with Gasteiger partial charge in [0, 0.05) is 23.0 Å². The largest absolute Gasteiger partial charge is 0.483 e. The fraction of sp³-hybridized carbons (Fsp3) is 0.355. The first-order valence-corrected chi connectivity index (χ1v) is 13.3. The lowest BCUT2D eigenvalue weighted by Gasteiger charge is -2.34. The van der Waals surface area contributed by atoms with Crippen molar-refractivity contribution >= 4 is 27.7 Å². The van der Waals surface area contributed by atoms with Gasteiger partial charge in [0.05, 0.1) is 0 Å². The van der Waals surface area contributed by atoms with E-state index in [1.54, 1.807) is 4.90 Å². The maximum absolute atomic E-state index is 13.8. The van der Waals surface area contributed by atoms with E-state index in [0.717, 1.165) is 32.3 Å². The highest BCUT2D eigenvalue weighted by Crippen LogP contribution is 2.24. The van der Waals surface area contributed by atoms with Crippen molar-refractivity contribution in [2.24, 2.45) is 0 Å². The van der Waals surface area contributed by atoms with E-state index in [-0.39, 0.29) is 25.0 Å². The van der Waals surface area contributed by atoms with Crippen molar-refractivity contribution in [2.75, 3.05) is 6.61 Å². The minimum Gasteiger partial charge on any atom is -0.483 e. The van der Waals surface area contributed by atoms with Gasteiger partial charge in [0.1, 0.15) is 11.8 Å². The fourth-order valence-corrected chi connectivity index (χ4v) is 4.43. The second-order valence-electron chi connectivity index (χ2n) is 10.6. The number of hydrogen-bond acceptors (Lipinski definition) is 3. The molecule has 3 aromatic rings. The van der Waals surface area contributed by atoms with Crippen LogP contribution in [0.4, 0.5) is 0 Å². The summed E-state index contributed by atoms with van der Waals surface area (Å²) in [5.74, 6) is 0.254. The van der Waals surface area contributed by atoms with Crippen LogP contribution in [0.25, 0.3) is 0 Å². The van der Waals surface area contributed by atoms with E-state index in [1.165, 1.54) is 0 Å². The number of aryl methyl sites for hydroxylation is 2. The lowest BCUT2D eigenvalue weighted by atomic mass is 10.0. The monoisotopic (exact) mass is 564 g/mol. The van der Waals surface area contributed by atoms with Crippen LogP contribution in [0.2, 0.25) is 0 Å². The fourth-order valence-electron chi connectivity index (χ4n) is 4.17. The summed E-state index contributed by atoms with van der Waals surface area (Å²) in [7, 11) is 0. The van der Waals surface area contributed by atoms with E-state index < -0.39 is 11.6 Å². The Morgan fingerprint density at radius 1 is 0.946 bits per heavy atom. The predicted octanol–water partition coefficient (Wildman–Crippen LogP) is 6.31. The predicted molar refractivity (Wildman–Crippen MR) is 153 cm³/mol. The van der Waals surface area contributed by atoms with Crippen molar-refractivity contribution in [1.29, 1.82) is 0 Å². The van der Waals surface area contributed by atoms with Crippen LogP contribution in [0.5, 0.6) is 5.75 Å². The average molecular weight is 566 g/mol. The molecule has 0 spiro atoms. The molecular formula is C31H37BrN2O3. The number of halogens is 1. The molecule has 0 unspecified atom stereocenters. The third kappa shape index (κ3) is 8.46. The van der Waals surface area contributed by atoms with Gasteiger partial charge in [-0.2, -0.15) is 0 Å². The Morgan fingerprint density at radius 2 is 1.59 bits per heavy atom. The number of carbonyl (C=O) groups is 2. The number of rotatable bonds is 9. The molecular weight excluding hydrogens is 528 g/mol. The zero-order valence-corrected chi connectivity index (χ0v) is 24.2. The van der Waals surface area contributed by atoms with Gasteiger partial charge >= 0.3 is 0 Å². The zero-order chi connectivity index (χ0) is 27.2. The number of benzene rings is 3. The maximum Gasteiger partial charge on any atom is 0.261 e. The Labute approximate surface area is 229 Å². The molecule has 0 saturated carbocycles. The Balaban J connectivity index is 1.95. The number of nitrogens with one attached hydrogen (secondary N) is 1. The number of hydrogen-bond donors (Lipinski definition) is 1. The minimum atomic E-state index is -0.707. The van der Waals surface area contributed by atoms with Crippen LogP contribution in [0.15, 0.2) is 71.2 Å². The topological polar surface area (TPSA) is 58.6 Å². The molecule has 0 fully saturated rings. The molecule has 0 bridgehead atoms. The maximum atomic E-state index is 13.8. The quantitative estimate of drug-likeness (QED) is 0.331. The highest BCUT2D eigenvalue weighted by Gasteiger charge is 2.32. The van der Waals surface area contributed by atoms with Gasteiger partial charge in [-0.05, 0) is 87.6 Å². The molecule has 37 heavy (non-hydrogen) atoms. The molecule has 0 saturated heterocycles. The van der Waals surface area contributed by atoms with E-state index in [1.807, 2.05) is 102 Å². The van der Waals surface area contributed by atoms with Crippen molar-refractivity contribution < 1.29 is 14.3 Å². The van der Waals surface area contributed by atoms with Crippen LogP contribution in [0.1, 0.15) is 48.6 Å². The van der Waals surface area contributed by atoms with E-state index >= 15 is 0 Å². The van der Waals surface area contributed by atoms with Crippen molar-refractivity contribution in [3.63, 3.8) is 0 Å². The van der Waals surface area contributed by atoms with Gasteiger partial charge in [0.15, 0.2) is 6.61 Å². The van der Waals surface area contributed by atoms with Crippen LogP contribution in [-0.2, 0) is 22.6 Å². The minimum absolute atomic E-state index is 0.158. The molecule has 0 aliphatic heterocycles. The molecule has 2 amide bonds. The van der Waals surface area contributed by atoms with Gasteiger partial charge in [0.2, 0.25) is 5.91 Å². The lowest BCUT2D eigenvalue weighted by Crippen LogP contribution is -2.55. The molecule has 0 aliphatic carbocycles. The molecule has 6 heteroatoms. The zero-order valence-electron chi connectivity index (χ0n) is 22.6. The smallest absolute Gasteiger partial charge is 0.261 e. The molecule has 196 valence electrons. The van der Waals surface area contributed by atoms with Crippen molar-refractivity contribution in [3.05, 3.63) is 99.0 Å². The van der Waals surface area contributed by atoms with Crippen molar-refractivity contribution in [2.45, 2.75) is 66.1 Å². The van der Waals surface area contributed by atoms with Crippen LogP contribution in [0, 0.1) is 20.8 Å². The third-order valence-corrected chi connectivity index (χ3v) is 6.68. The summed E-state index contributed by atoms with van der Waals surface area (Å²) in [6.07, 6.45) is 0.396. The van der Waals surface area contributed by atoms with E-state index in [2.05, 4.69) is 27.3 Å². The average Bonchev–Trinajstić information content (AvgIpc) is 2.83. The summed E-state index contributed by atoms with van der Waals surface area (Å²) in [5, 5.41) is 3.09. The van der Waals surface area contributed by atoms with E-state index in [4.69, 9.17) is 4.74 Å². The molecule has 3 rings (SSSR count). The molecule has 0 heterocycles. The molecule has 0 radical (unpaired) electrons. The van der Waals surface area contributed by atoms with Crippen LogP contribution < -0.4 is 10.1 Å². The van der Waals surface area contributed by atoms with E-state index in [9.17, 15) is 9.59 Å². The number of carbonyl (C=O) groups excluding carboxylic acids is 2. The standard InChI is InChI=1S/C31H37BrN2O3/c1-21-16-22(2)23(3)28(17-21)37-20-29(35)34(19-25-12-14-26(32)15-13-25)27(30(36)33-31(4,5)6)18-24-10-8-7-9-11-24/h7-17,27H,18-20H2,1-6H3,(H,33,36)/t27-/m0/s1. The van der Waals surface area contributed by atoms with Gasteiger partial charge in [0.25, 0.3) is 5.91 Å². The first-order valence-electron chi connectivity index (χ1n) is 12.5. The summed E-state index contributed by atoms with van der Waals surface area (Å²) >= 11 is 3.47. The lowest BCUT2D eigenvalue weighted by molar-refractivity contribution is -0.143. The normalized spacial score (nSPS) is 12.1. The molecule has 0 aliphatic rings. The van der Waals surface area contributed by atoms with Crippen molar-refractivity contribution in [1.82, 2.24) is 10.2 Å². The Bertz CT molecular complexity index is 1220.